The Balaban J connectivity index is 1.64. The first-order valence-electron chi connectivity index (χ1n) is 9.46. The van der Waals surface area contributed by atoms with Crippen LogP contribution in [-0.2, 0) is 4.74 Å². The lowest BCUT2D eigenvalue weighted by atomic mass is 10.2. The highest BCUT2D eigenvalue weighted by molar-refractivity contribution is 9.10. The van der Waals surface area contributed by atoms with E-state index >= 15 is 0 Å². The summed E-state index contributed by atoms with van der Waals surface area (Å²) >= 11 is 4.98. The van der Waals surface area contributed by atoms with Crippen LogP contribution >= 0.6 is 27.3 Å². The molecule has 1 aromatic heterocycles. The number of anilines is 1. The molecule has 0 atom stereocenters. The number of carbonyl (C=O) groups is 1. The van der Waals surface area contributed by atoms with Gasteiger partial charge >= 0.3 is 0 Å². The Morgan fingerprint density at radius 1 is 1.28 bits per heavy atom. The average Bonchev–Trinajstić information content (AvgIpc) is 3.17. The van der Waals surface area contributed by atoms with Crippen LogP contribution in [0.15, 0.2) is 46.9 Å². The molecule has 4 rings (SSSR count). The second kappa shape index (κ2) is 9.21. The van der Waals surface area contributed by atoms with Crippen LogP contribution in [0.1, 0.15) is 10.4 Å². The summed E-state index contributed by atoms with van der Waals surface area (Å²) in [4.78, 5) is 22.2. The maximum absolute atomic E-state index is 13.4. The minimum absolute atomic E-state index is 0.0504. The van der Waals surface area contributed by atoms with Crippen LogP contribution in [0.25, 0.3) is 10.2 Å². The van der Waals surface area contributed by atoms with Gasteiger partial charge in [-0.3, -0.25) is 14.6 Å². The van der Waals surface area contributed by atoms with Gasteiger partial charge in [0.25, 0.3) is 5.91 Å². The zero-order valence-corrected chi connectivity index (χ0v) is 18.5. The van der Waals surface area contributed by atoms with Crippen molar-refractivity contribution in [2.24, 2.45) is 0 Å². The van der Waals surface area contributed by atoms with Gasteiger partial charge in [0.15, 0.2) is 5.13 Å². The molecule has 0 N–H and O–H groups in total. The molecule has 2 heterocycles. The number of nitrogens with zero attached hydrogens (tertiary/aromatic N) is 3. The van der Waals surface area contributed by atoms with Crippen molar-refractivity contribution in [2.75, 3.05) is 51.4 Å². The van der Waals surface area contributed by atoms with Gasteiger partial charge in [0, 0.05) is 42.3 Å². The number of hydrogen-bond acceptors (Lipinski definition) is 6. The van der Waals surface area contributed by atoms with Gasteiger partial charge < -0.3 is 9.47 Å². The fraction of sp³-hybridized carbons (Fsp3) is 0.333. The maximum Gasteiger partial charge on any atom is 0.260 e. The van der Waals surface area contributed by atoms with Crippen molar-refractivity contribution < 1.29 is 14.3 Å². The highest BCUT2D eigenvalue weighted by Gasteiger charge is 2.23. The quantitative estimate of drug-likeness (QED) is 0.538. The number of benzene rings is 2. The molecule has 6 nitrogen and oxygen atoms in total. The Kier molecular flexibility index (Phi) is 6.44. The van der Waals surface area contributed by atoms with E-state index in [4.69, 9.17) is 14.5 Å². The summed E-state index contributed by atoms with van der Waals surface area (Å²) in [5.41, 5.74) is 1.47. The van der Waals surface area contributed by atoms with Crippen molar-refractivity contribution in [2.45, 2.75) is 0 Å². The van der Waals surface area contributed by atoms with E-state index in [-0.39, 0.29) is 5.91 Å². The van der Waals surface area contributed by atoms with Gasteiger partial charge in [0.1, 0.15) is 5.75 Å². The van der Waals surface area contributed by atoms with Crippen molar-refractivity contribution in [3.63, 3.8) is 0 Å². The molecule has 29 heavy (non-hydrogen) atoms. The van der Waals surface area contributed by atoms with Crippen LogP contribution in [0.3, 0.4) is 0 Å². The lowest BCUT2D eigenvalue weighted by Crippen LogP contribution is -2.43. The van der Waals surface area contributed by atoms with Crippen molar-refractivity contribution >= 4 is 48.5 Å². The first-order chi connectivity index (χ1) is 14.1. The second-order valence-corrected chi connectivity index (χ2v) is 8.68. The number of morpholine rings is 1. The topological polar surface area (TPSA) is 54.9 Å². The number of carbonyl (C=O) groups excluding carboxylic acids is 1. The lowest BCUT2D eigenvalue weighted by Gasteiger charge is -2.29. The number of ether oxygens (including phenoxy) is 2. The lowest BCUT2D eigenvalue weighted by molar-refractivity contribution is 0.0391. The minimum atomic E-state index is -0.0504. The number of rotatable bonds is 6. The Bertz CT molecular complexity index is 1000. The van der Waals surface area contributed by atoms with Gasteiger partial charge in [-0.25, -0.2) is 4.98 Å². The van der Waals surface area contributed by atoms with Gasteiger partial charge in [0.2, 0.25) is 0 Å². The summed E-state index contributed by atoms with van der Waals surface area (Å²) in [6.45, 7) is 4.59. The summed E-state index contributed by atoms with van der Waals surface area (Å²) < 4.78 is 12.6. The Morgan fingerprint density at radius 3 is 2.86 bits per heavy atom. The Hall–Kier alpha value is -2.00. The van der Waals surface area contributed by atoms with E-state index < -0.39 is 0 Å². The standard InChI is InChI=1S/C21H22BrN3O3S/c1-27-17-5-6-19-18(14-17)23-21(29-19)25(8-7-24-9-11-28-12-10-24)20(26)15-3-2-4-16(22)13-15/h2-6,13-14H,7-12H2,1H3. The molecular formula is C21H22BrN3O3S. The minimum Gasteiger partial charge on any atom is -0.497 e. The van der Waals surface area contributed by atoms with Gasteiger partial charge in [-0.1, -0.05) is 33.3 Å². The van der Waals surface area contributed by atoms with Crippen molar-refractivity contribution in [1.82, 2.24) is 9.88 Å². The number of halogens is 1. The zero-order chi connectivity index (χ0) is 20.2. The van der Waals surface area contributed by atoms with Gasteiger partial charge in [-0.2, -0.15) is 0 Å². The van der Waals surface area contributed by atoms with Crippen LogP contribution in [0.5, 0.6) is 5.75 Å². The average molecular weight is 476 g/mol. The van der Waals surface area contributed by atoms with E-state index in [2.05, 4.69) is 20.8 Å². The molecule has 152 valence electrons. The SMILES string of the molecule is COc1ccc2sc(N(CCN3CCOCC3)C(=O)c3cccc(Br)c3)nc2c1. The first kappa shape index (κ1) is 20.3. The first-order valence-corrected chi connectivity index (χ1v) is 11.1. The molecule has 8 heteroatoms. The largest absolute Gasteiger partial charge is 0.497 e. The highest BCUT2D eigenvalue weighted by atomic mass is 79.9. The predicted octanol–water partition coefficient (Wildman–Crippen LogP) is 4.05. The second-order valence-electron chi connectivity index (χ2n) is 6.75. The van der Waals surface area contributed by atoms with Gasteiger partial charge in [0.05, 0.1) is 30.5 Å². The summed E-state index contributed by atoms with van der Waals surface area (Å²) in [6, 6.07) is 13.3. The zero-order valence-electron chi connectivity index (χ0n) is 16.1. The molecule has 0 radical (unpaired) electrons. The third-order valence-corrected chi connectivity index (χ3v) is 6.43. The maximum atomic E-state index is 13.4. The molecule has 1 aliphatic rings. The fourth-order valence-electron chi connectivity index (χ4n) is 3.27. The van der Waals surface area contributed by atoms with Crippen LogP contribution in [0.2, 0.25) is 0 Å². The normalized spacial score (nSPS) is 14.8. The summed E-state index contributed by atoms with van der Waals surface area (Å²) in [5.74, 6) is 0.707. The van der Waals surface area contributed by atoms with Crippen molar-refractivity contribution in [3.05, 3.63) is 52.5 Å². The molecule has 0 unspecified atom stereocenters. The van der Waals surface area contributed by atoms with Gasteiger partial charge in [-0.05, 0) is 30.3 Å². The molecule has 3 aromatic rings. The molecule has 0 spiro atoms. The number of methoxy groups -OCH3 is 1. The molecule has 0 saturated carbocycles. The molecule has 1 saturated heterocycles. The van der Waals surface area contributed by atoms with Crippen molar-refractivity contribution in [3.8, 4) is 5.75 Å². The molecular weight excluding hydrogens is 454 g/mol. The predicted molar refractivity (Wildman–Crippen MR) is 119 cm³/mol. The van der Waals surface area contributed by atoms with Crippen LogP contribution in [0.4, 0.5) is 5.13 Å². The Labute approximate surface area is 182 Å². The Morgan fingerprint density at radius 2 is 2.10 bits per heavy atom. The summed E-state index contributed by atoms with van der Waals surface area (Å²) in [5, 5.41) is 0.700. The van der Waals surface area contributed by atoms with E-state index in [1.165, 1.54) is 11.3 Å². The fourth-order valence-corrected chi connectivity index (χ4v) is 4.63. The third kappa shape index (κ3) is 4.78. The molecule has 1 aliphatic heterocycles. The smallest absolute Gasteiger partial charge is 0.260 e. The number of amides is 1. The van der Waals surface area contributed by atoms with Gasteiger partial charge in [-0.15, -0.1) is 0 Å². The number of fused-ring (bicyclic) bond motifs is 1. The van der Waals surface area contributed by atoms with Crippen molar-refractivity contribution in [1.29, 1.82) is 0 Å². The number of thiazole rings is 1. The molecule has 0 aliphatic carbocycles. The van der Waals surface area contributed by atoms with Crippen LogP contribution in [0, 0.1) is 0 Å². The van der Waals surface area contributed by atoms with Crippen LogP contribution < -0.4 is 9.64 Å². The van der Waals surface area contributed by atoms with E-state index in [0.29, 0.717) is 17.2 Å². The van der Waals surface area contributed by atoms with E-state index in [9.17, 15) is 4.79 Å². The molecule has 1 fully saturated rings. The summed E-state index contributed by atoms with van der Waals surface area (Å²) in [6.07, 6.45) is 0. The number of aromatic nitrogens is 1. The van der Waals surface area contributed by atoms with E-state index in [0.717, 1.165) is 53.3 Å². The monoisotopic (exact) mass is 475 g/mol. The molecule has 0 bridgehead atoms. The van der Waals surface area contributed by atoms with E-state index in [1.54, 1.807) is 12.0 Å². The summed E-state index contributed by atoms with van der Waals surface area (Å²) in [7, 11) is 1.64. The third-order valence-electron chi connectivity index (χ3n) is 4.87. The molecule has 2 aromatic carbocycles. The number of hydrogen-bond donors (Lipinski definition) is 0. The van der Waals surface area contributed by atoms with E-state index in [1.807, 2.05) is 42.5 Å². The van der Waals surface area contributed by atoms with Crippen LogP contribution in [-0.4, -0.2) is 62.3 Å². The molecule has 1 amide bonds. The highest BCUT2D eigenvalue weighted by Crippen LogP contribution is 2.32.